The van der Waals surface area contributed by atoms with Gasteiger partial charge in [-0.2, -0.15) is 11.8 Å². The molecular weight excluding hydrogens is 308 g/mol. The van der Waals surface area contributed by atoms with Crippen LogP contribution in [0.25, 0.3) is 11.3 Å². The highest BCUT2D eigenvalue weighted by Crippen LogP contribution is 2.24. The lowest BCUT2D eigenvalue weighted by Crippen LogP contribution is -2.33. The Balaban J connectivity index is 1.79. The first kappa shape index (κ1) is 14.5. The van der Waals surface area contributed by atoms with Crippen molar-refractivity contribution in [3.63, 3.8) is 0 Å². The number of hydrogen-bond donors (Lipinski definition) is 0. The number of benzene rings is 1. The summed E-state index contributed by atoms with van der Waals surface area (Å²) in [4.78, 5) is 14.3. The van der Waals surface area contributed by atoms with Crippen LogP contribution in [-0.2, 0) is 0 Å². The highest BCUT2D eigenvalue weighted by molar-refractivity contribution is 7.99. The van der Waals surface area contributed by atoms with Crippen LogP contribution in [0.2, 0.25) is 5.02 Å². The van der Waals surface area contributed by atoms with Gasteiger partial charge in [0.25, 0.3) is 5.91 Å². The molecule has 1 aliphatic rings. The maximum atomic E-state index is 12.4. The predicted octanol–water partition coefficient (Wildman–Crippen LogP) is 3.57. The zero-order valence-corrected chi connectivity index (χ0v) is 13.0. The topological polar surface area (TPSA) is 46.3 Å². The van der Waals surface area contributed by atoms with Gasteiger partial charge in [-0.05, 0) is 24.3 Å². The van der Waals surface area contributed by atoms with Gasteiger partial charge in [0.05, 0.1) is 0 Å². The minimum atomic E-state index is -0.0606. The van der Waals surface area contributed by atoms with Crippen LogP contribution < -0.4 is 0 Å². The Labute approximate surface area is 132 Å². The van der Waals surface area contributed by atoms with Crippen molar-refractivity contribution >= 4 is 29.3 Å². The number of hydrogen-bond acceptors (Lipinski definition) is 4. The van der Waals surface area contributed by atoms with E-state index in [1.54, 1.807) is 18.2 Å². The Hall–Kier alpha value is -1.46. The molecule has 1 aliphatic heterocycles. The average molecular weight is 323 g/mol. The second kappa shape index (κ2) is 6.54. The molecule has 0 N–H and O–H groups in total. The zero-order chi connectivity index (χ0) is 14.7. The molecule has 0 unspecified atom stereocenters. The quantitative estimate of drug-likeness (QED) is 0.848. The predicted molar refractivity (Wildman–Crippen MR) is 84.8 cm³/mol. The molecule has 1 amide bonds. The Morgan fingerprint density at radius 2 is 2.19 bits per heavy atom. The third kappa shape index (κ3) is 3.41. The molecule has 110 valence electrons. The maximum absolute atomic E-state index is 12.4. The van der Waals surface area contributed by atoms with E-state index in [4.69, 9.17) is 16.1 Å². The van der Waals surface area contributed by atoms with Gasteiger partial charge in [0, 0.05) is 35.5 Å². The number of carbonyl (C=O) groups excluding carboxylic acids is 1. The Bertz CT molecular complexity index is 636. The molecule has 0 bridgehead atoms. The van der Waals surface area contributed by atoms with E-state index in [0.717, 1.165) is 36.6 Å². The number of nitrogens with zero attached hydrogens (tertiary/aromatic N) is 2. The Kier molecular flexibility index (Phi) is 4.51. The van der Waals surface area contributed by atoms with Crippen LogP contribution in [0.5, 0.6) is 0 Å². The first-order valence-corrected chi connectivity index (χ1v) is 8.37. The van der Waals surface area contributed by atoms with Crippen LogP contribution in [0.3, 0.4) is 0 Å². The van der Waals surface area contributed by atoms with E-state index < -0.39 is 0 Å². The molecule has 0 aliphatic carbocycles. The van der Waals surface area contributed by atoms with E-state index in [1.165, 1.54) is 0 Å². The van der Waals surface area contributed by atoms with Crippen LogP contribution in [0.4, 0.5) is 0 Å². The van der Waals surface area contributed by atoms with Gasteiger partial charge in [0.15, 0.2) is 11.5 Å². The molecule has 1 aromatic heterocycles. The van der Waals surface area contributed by atoms with Crippen LogP contribution in [0, 0.1) is 0 Å². The summed E-state index contributed by atoms with van der Waals surface area (Å²) in [6.45, 7) is 1.55. The minimum Gasteiger partial charge on any atom is -0.355 e. The Morgan fingerprint density at radius 3 is 3.05 bits per heavy atom. The average Bonchev–Trinajstić information content (AvgIpc) is 2.82. The van der Waals surface area contributed by atoms with Crippen molar-refractivity contribution in [2.75, 3.05) is 24.6 Å². The fourth-order valence-corrected chi connectivity index (χ4v) is 3.34. The third-order valence-electron chi connectivity index (χ3n) is 3.35. The fourth-order valence-electron chi connectivity index (χ4n) is 2.26. The molecule has 0 saturated carbocycles. The van der Waals surface area contributed by atoms with Crippen molar-refractivity contribution in [3.8, 4) is 11.3 Å². The number of halogens is 1. The highest BCUT2D eigenvalue weighted by atomic mass is 35.5. The third-order valence-corrected chi connectivity index (χ3v) is 4.63. The number of aromatic nitrogens is 1. The summed E-state index contributed by atoms with van der Waals surface area (Å²) in [6, 6.07) is 8.99. The summed E-state index contributed by atoms with van der Waals surface area (Å²) in [6.07, 6.45) is 1.02. The normalized spacial score (nSPS) is 15.8. The van der Waals surface area contributed by atoms with Crippen molar-refractivity contribution in [1.29, 1.82) is 0 Å². The molecule has 2 aromatic rings. The molecule has 0 atom stereocenters. The van der Waals surface area contributed by atoms with Gasteiger partial charge in [-0.1, -0.05) is 28.9 Å². The molecular formula is C15H15ClN2O2S. The van der Waals surface area contributed by atoms with E-state index in [2.05, 4.69) is 5.16 Å². The van der Waals surface area contributed by atoms with Gasteiger partial charge in [0.2, 0.25) is 0 Å². The monoisotopic (exact) mass is 322 g/mol. The first-order chi connectivity index (χ1) is 10.2. The largest absolute Gasteiger partial charge is 0.355 e. The van der Waals surface area contributed by atoms with Gasteiger partial charge >= 0.3 is 0 Å². The fraction of sp³-hybridized carbons (Fsp3) is 0.333. The summed E-state index contributed by atoms with van der Waals surface area (Å²) in [5, 5.41) is 4.54. The van der Waals surface area contributed by atoms with Crippen LogP contribution >= 0.6 is 23.4 Å². The van der Waals surface area contributed by atoms with E-state index in [0.29, 0.717) is 16.5 Å². The highest BCUT2D eigenvalue weighted by Gasteiger charge is 2.21. The van der Waals surface area contributed by atoms with E-state index in [1.807, 2.05) is 28.8 Å². The maximum Gasteiger partial charge on any atom is 0.276 e. The minimum absolute atomic E-state index is 0.0606. The lowest BCUT2D eigenvalue weighted by molar-refractivity contribution is 0.0758. The number of rotatable bonds is 2. The molecule has 3 rings (SSSR count). The molecule has 1 saturated heterocycles. The molecule has 1 fully saturated rings. The van der Waals surface area contributed by atoms with Crippen LogP contribution in [-0.4, -0.2) is 40.6 Å². The second-order valence-corrected chi connectivity index (χ2v) is 6.51. The molecule has 0 radical (unpaired) electrons. The van der Waals surface area contributed by atoms with Crippen molar-refractivity contribution in [3.05, 3.63) is 41.0 Å². The van der Waals surface area contributed by atoms with Gasteiger partial charge in [-0.25, -0.2) is 0 Å². The van der Waals surface area contributed by atoms with Crippen molar-refractivity contribution < 1.29 is 9.32 Å². The SMILES string of the molecule is O=C(c1cc(-c2cccc(Cl)c2)on1)N1CCCSCC1. The van der Waals surface area contributed by atoms with Crippen LogP contribution in [0.15, 0.2) is 34.9 Å². The van der Waals surface area contributed by atoms with Gasteiger partial charge in [-0.15, -0.1) is 0 Å². The van der Waals surface area contributed by atoms with E-state index >= 15 is 0 Å². The van der Waals surface area contributed by atoms with Gasteiger partial charge < -0.3 is 9.42 Å². The van der Waals surface area contributed by atoms with E-state index in [9.17, 15) is 4.79 Å². The van der Waals surface area contributed by atoms with Gasteiger partial charge in [-0.3, -0.25) is 4.79 Å². The number of carbonyl (C=O) groups is 1. The molecule has 0 spiro atoms. The van der Waals surface area contributed by atoms with Crippen molar-refractivity contribution in [2.45, 2.75) is 6.42 Å². The van der Waals surface area contributed by atoms with Gasteiger partial charge in [0.1, 0.15) is 0 Å². The first-order valence-electron chi connectivity index (χ1n) is 6.84. The summed E-state index contributed by atoms with van der Waals surface area (Å²) < 4.78 is 5.29. The lowest BCUT2D eigenvalue weighted by atomic mass is 10.1. The van der Waals surface area contributed by atoms with Crippen molar-refractivity contribution in [2.24, 2.45) is 0 Å². The van der Waals surface area contributed by atoms with Crippen LogP contribution in [0.1, 0.15) is 16.9 Å². The van der Waals surface area contributed by atoms with Crippen molar-refractivity contribution in [1.82, 2.24) is 10.1 Å². The number of thioether (sulfide) groups is 1. The smallest absolute Gasteiger partial charge is 0.276 e. The van der Waals surface area contributed by atoms with E-state index in [-0.39, 0.29) is 5.91 Å². The zero-order valence-electron chi connectivity index (χ0n) is 11.4. The molecule has 4 nitrogen and oxygen atoms in total. The standard InChI is InChI=1S/C15H15ClN2O2S/c16-12-4-1-3-11(9-12)14-10-13(17-20-14)15(19)18-5-2-7-21-8-6-18/h1,3-4,9-10H,2,5-8H2. The second-order valence-electron chi connectivity index (χ2n) is 4.84. The summed E-state index contributed by atoms with van der Waals surface area (Å²) in [7, 11) is 0. The summed E-state index contributed by atoms with van der Waals surface area (Å²) in [5.41, 5.74) is 1.18. The molecule has 6 heteroatoms. The molecule has 2 heterocycles. The number of amides is 1. The lowest BCUT2D eigenvalue weighted by Gasteiger charge is -2.17. The Morgan fingerprint density at radius 1 is 1.29 bits per heavy atom. The summed E-state index contributed by atoms with van der Waals surface area (Å²) >= 11 is 7.85. The molecule has 1 aromatic carbocycles. The molecule has 21 heavy (non-hydrogen) atoms. The summed E-state index contributed by atoms with van der Waals surface area (Å²) in [5.74, 6) is 2.58.